The average Bonchev–Trinajstić information content (AvgIpc) is 1.50. The van der Waals surface area contributed by atoms with Gasteiger partial charge in [-0.2, -0.15) is 0 Å². The molecule has 524 valence electrons. The largest absolute Gasteiger partial charge is 0.416 e. The molecule has 2 aliphatic carbocycles. The lowest BCUT2D eigenvalue weighted by molar-refractivity contribution is 0.583. The Balaban J connectivity index is 0.733. The van der Waals surface area contributed by atoms with Crippen LogP contribution in [0.15, 0.2) is 344 Å². The molecule has 0 N–H and O–H groups in total. The highest BCUT2D eigenvalue weighted by molar-refractivity contribution is 6.56. The zero-order valence-electron chi connectivity index (χ0n) is 61.1. The highest BCUT2D eigenvalue weighted by Gasteiger charge is 2.65. The van der Waals surface area contributed by atoms with Gasteiger partial charge >= 0.3 is 0 Å². The topological polar surface area (TPSA) is 140 Å². The third kappa shape index (κ3) is 10.4. The molecule has 0 unspecified atom stereocenters. The summed E-state index contributed by atoms with van der Waals surface area (Å²) in [6, 6.07) is 105. The SMILES string of the molecule is CC(C)(C)c1ccc(N2C3=N/C(=C4\N=C5C(=N4)N(c4ccc(C(C)(C)C)cc4)C4(c6ccccc6-c6ccccc64)N5c4ccc(C#Cc5ccc(-c6nnc(-c7ccccc7)o6)cc5)cc4)N=C3N(c3ccc(C#Cc4ccc(-c5nnc(-c6ccccc6)o5)cc4)cc3)C23c2ccccc2-c2ccccc23)cc1. The van der Waals surface area contributed by atoms with Gasteiger partial charge in [-0.25, -0.2) is 20.0 Å². The van der Waals surface area contributed by atoms with E-state index < -0.39 is 11.3 Å². The zero-order chi connectivity index (χ0) is 74.0. The smallest absolute Gasteiger partial charge is 0.248 e. The maximum absolute atomic E-state index is 6.09. The molecular weight excluding hydrogens is 1350 g/mol. The molecule has 14 nitrogen and oxygen atoms in total. The second-order valence-electron chi connectivity index (χ2n) is 30.2. The number of benzene rings is 12. The van der Waals surface area contributed by atoms with Crippen molar-refractivity contribution < 1.29 is 8.83 Å². The Kier molecular flexibility index (Phi) is 14.9. The Hall–Kier alpha value is -14.3. The highest BCUT2D eigenvalue weighted by Crippen LogP contribution is 2.61. The van der Waals surface area contributed by atoms with E-state index in [1.807, 2.05) is 109 Å². The Labute approximate surface area is 637 Å². The lowest BCUT2D eigenvalue weighted by Gasteiger charge is -2.43. The fourth-order valence-electron chi connectivity index (χ4n) is 16.2. The van der Waals surface area contributed by atoms with Gasteiger partial charge in [-0.3, -0.25) is 19.6 Å². The van der Waals surface area contributed by atoms with Gasteiger partial charge in [-0.05, 0) is 190 Å². The minimum absolute atomic E-state index is 0.112. The van der Waals surface area contributed by atoms with E-state index >= 15 is 0 Å². The van der Waals surface area contributed by atoms with Crippen LogP contribution in [0.3, 0.4) is 0 Å². The second kappa shape index (κ2) is 25.2. The molecule has 4 aliphatic heterocycles. The third-order valence-corrected chi connectivity index (χ3v) is 21.5. The quantitative estimate of drug-likeness (QED) is 0.135. The van der Waals surface area contributed by atoms with Gasteiger partial charge in [0, 0.05) is 89.5 Å². The van der Waals surface area contributed by atoms with Crippen molar-refractivity contribution >= 4 is 46.1 Å². The number of aromatic nitrogens is 4. The minimum atomic E-state index is -1.03. The molecule has 6 heterocycles. The maximum Gasteiger partial charge on any atom is 0.248 e. The first-order valence-electron chi connectivity index (χ1n) is 36.9. The number of nitrogens with zero attached hydrogens (tertiary/aromatic N) is 12. The van der Waals surface area contributed by atoms with Crippen LogP contribution in [0.4, 0.5) is 22.7 Å². The predicted molar refractivity (Wildman–Crippen MR) is 437 cm³/mol. The maximum atomic E-state index is 6.09. The van der Waals surface area contributed by atoms with Crippen molar-refractivity contribution in [1.82, 2.24) is 20.4 Å². The summed E-state index contributed by atoms with van der Waals surface area (Å²) in [5.41, 5.74) is 19.3. The Bertz CT molecular complexity index is 5870. The van der Waals surface area contributed by atoms with Crippen LogP contribution in [-0.4, -0.2) is 43.7 Å². The summed E-state index contributed by atoms with van der Waals surface area (Å²) in [6.07, 6.45) is 0. The van der Waals surface area contributed by atoms with Gasteiger partial charge in [-0.1, -0.05) is 223 Å². The molecule has 2 saturated heterocycles. The van der Waals surface area contributed by atoms with Crippen LogP contribution in [0.1, 0.15) is 97.2 Å². The molecule has 2 spiro atoms. The lowest BCUT2D eigenvalue weighted by Crippen LogP contribution is -2.52. The number of hydrogen-bond acceptors (Lipinski definition) is 14. The summed E-state index contributed by atoms with van der Waals surface area (Å²) in [7, 11) is 0. The van der Waals surface area contributed by atoms with Crippen molar-refractivity contribution in [3.05, 3.63) is 371 Å². The Morgan fingerprint density at radius 3 is 0.745 bits per heavy atom. The molecule has 20 rings (SSSR count). The van der Waals surface area contributed by atoms with E-state index in [4.69, 9.17) is 28.8 Å². The number of amidine groups is 4. The van der Waals surface area contributed by atoms with Crippen molar-refractivity contribution in [3.63, 3.8) is 0 Å². The summed E-state index contributed by atoms with van der Waals surface area (Å²) in [5.74, 6) is 19.0. The van der Waals surface area contributed by atoms with E-state index in [0.29, 0.717) is 58.5 Å². The number of aliphatic imine (C=N–C) groups is 4. The first kappa shape index (κ1) is 65.2. The molecule has 0 bridgehead atoms. The van der Waals surface area contributed by atoms with Gasteiger partial charge in [0.1, 0.15) is 0 Å². The van der Waals surface area contributed by atoms with Crippen LogP contribution in [0.25, 0.3) is 68.1 Å². The van der Waals surface area contributed by atoms with E-state index in [-0.39, 0.29) is 10.8 Å². The van der Waals surface area contributed by atoms with Crippen molar-refractivity contribution in [2.45, 2.75) is 63.7 Å². The molecule has 2 fully saturated rings. The minimum Gasteiger partial charge on any atom is -0.416 e. The van der Waals surface area contributed by atoms with Gasteiger partial charge in [0.25, 0.3) is 0 Å². The monoisotopic (exact) mass is 1420 g/mol. The summed E-state index contributed by atoms with van der Waals surface area (Å²) in [6.45, 7) is 13.5. The van der Waals surface area contributed by atoms with E-state index in [1.165, 1.54) is 11.1 Å². The van der Waals surface area contributed by atoms with Crippen LogP contribution < -0.4 is 19.6 Å². The van der Waals surface area contributed by atoms with Crippen LogP contribution in [-0.2, 0) is 22.2 Å². The van der Waals surface area contributed by atoms with Crippen molar-refractivity contribution in [2.75, 3.05) is 19.6 Å². The third-order valence-electron chi connectivity index (χ3n) is 21.5. The fraction of sp³-hybridized carbons (Fsp3) is 0.104. The Morgan fingerprint density at radius 2 is 0.482 bits per heavy atom. The molecule has 0 saturated carbocycles. The summed E-state index contributed by atoms with van der Waals surface area (Å²) in [5, 5.41) is 17.3. The Morgan fingerprint density at radius 1 is 0.255 bits per heavy atom. The first-order valence-corrected chi connectivity index (χ1v) is 36.9. The standard InChI is InChI=1S/C96H68N12O2/c1-93(2,3)69-49-57-73(58-50-69)107-87-85(105(95(107)79-29-17-13-25-75(79)76-26-14-18-30-80(76)95)71-53-41-63(42-54-71)35-33-61-37-45-67(46-38-61)91-103-101-89(109-91)65-21-9-7-10-22-65)97-83(99-87)84-98-86-88(100-84)108(74-59-51-70(52-60-74)94(4,5)6)96(81-31-19-15-27-77(81)78-28-16-20-32-82(78)96)106(86)72-55-43-64(44-56-72)36-34-62-39-47-68(48-40-62)92-104-102-90(110-92)66-23-11-8-12-24-66/h7-32,37-60H,1-6H3/b84-83+. The molecule has 6 aliphatic rings. The van der Waals surface area contributed by atoms with Gasteiger partial charge in [0.05, 0.1) is 0 Å². The van der Waals surface area contributed by atoms with E-state index in [9.17, 15) is 0 Å². The molecule has 2 aromatic heterocycles. The van der Waals surface area contributed by atoms with Crippen LogP contribution in [0.5, 0.6) is 0 Å². The molecule has 0 atom stereocenters. The van der Waals surface area contributed by atoms with Crippen molar-refractivity contribution in [2.24, 2.45) is 20.0 Å². The lowest BCUT2D eigenvalue weighted by atomic mass is 9.86. The van der Waals surface area contributed by atoms with E-state index in [0.717, 1.165) is 112 Å². The number of rotatable bonds is 8. The normalized spacial score (nSPS) is 15.8. The zero-order valence-corrected chi connectivity index (χ0v) is 61.1. The number of anilines is 4. The average molecular weight is 1420 g/mol. The molecule has 14 heteroatoms. The van der Waals surface area contributed by atoms with Crippen LogP contribution >= 0.6 is 0 Å². The summed E-state index contributed by atoms with van der Waals surface area (Å²) < 4.78 is 12.2. The van der Waals surface area contributed by atoms with Gasteiger partial charge in [-0.15, -0.1) is 20.4 Å². The van der Waals surface area contributed by atoms with Crippen molar-refractivity contribution in [1.29, 1.82) is 0 Å². The molecule has 14 aromatic rings. The molecule has 110 heavy (non-hydrogen) atoms. The second-order valence-corrected chi connectivity index (χ2v) is 30.2. The number of hydrogen-bond donors (Lipinski definition) is 0. The predicted octanol–water partition coefficient (Wildman–Crippen LogP) is 20.4. The summed E-state index contributed by atoms with van der Waals surface area (Å²) >= 11 is 0. The highest BCUT2D eigenvalue weighted by atomic mass is 16.4. The van der Waals surface area contributed by atoms with Crippen LogP contribution in [0.2, 0.25) is 0 Å². The summed E-state index contributed by atoms with van der Waals surface area (Å²) in [4.78, 5) is 32.7. The molecule has 12 aromatic carbocycles. The molecular formula is C96H68N12O2. The first-order chi connectivity index (χ1) is 53.7. The van der Waals surface area contributed by atoms with E-state index in [2.05, 4.69) is 299 Å². The molecule has 0 radical (unpaired) electrons. The number of fused-ring (bicyclic) bond motifs is 12. The van der Waals surface area contributed by atoms with Gasteiger partial charge in [0.15, 0.2) is 34.7 Å². The van der Waals surface area contributed by atoms with Gasteiger partial charge < -0.3 is 8.83 Å². The molecule has 0 amide bonds. The van der Waals surface area contributed by atoms with E-state index in [1.54, 1.807) is 0 Å². The van der Waals surface area contributed by atoms with Crippen molar-refractivity contribution in [3.8, 4) is 91.8 Å². The van der Waals surface area contributed by atoms with Crippen LogP contribution in [0, 0.1) is 23.7 Å². The fourth-order valence-corrected chi connectivity index (χ4v) is 16.2. The van der Waals surface area contributed by atoms with Gasteiger partial charge in [0.2, 0.25) is 35.2 Å².